The molecule has 3 heterocycles. The Morgan fingerprint density at radius 2 is 1.90 bits per heavy atom. The van der Waals surface area contributed by atoms with Crippen molar-refractivity contribution < 1.29 is 9.32 Å². The van der Waals surface area contributed by atoms with E-state index >= 15 is 0 Å². The molecule has 1 saturated carbocycles. The summed E-state index contributed by atoms with van der Waals surface area (Å²) in [4.78, 5) is 26.6. The molecule has 1 unspecified atom stereocenters. The number of hydrogen-bond acceptors (Lipinski definition) is 6. The Hall–Kier alpha value is -3.22. The predicted octanol–water partition coefficient (Wildman–Crippen LogP) is 4.30. The van der Waals surface area contributed by atoms with E-state index in [-0.39, 0.29) is 11.9 Å². The van der Waals surface area contributed by atoms with Gasteiger partial charge in [-0.25, -0.2) is 9.97 Å². The lowest BCUT2D eigenvalue weighted by atomic mass is 10.0. The highest BCUT2D eigenvalue weighted by Crippen LogP contribution is 2.41. The Kier molecular flexibility index (Phi) is 4.73. The molecule has 0 radical (unpaired) electrons. The molecule has 1 amide bonds. The molecule has 2 aromatic heterocycles. The van der Waals surface area contributed by atoms with Crippen molar-refractivity contribution in [3.05, 3.63) is 42.7 Å². The lowest BCUT2D eigenvalue weighted by Gasteiger charge is -2.43. The number of fused-ring (bicyclic) bond motifs is 1. The summed E-state index contributed by atoms with van der Waals surface area (Å²) in [6.07, 6.45) is 8.74. The first-order valence-corrected chi connectivity index (χ1v) is 10.6. The summed E-state index contributed by atoms with van der Waals surface area (Å²) in [5.74, 6) is 2.16. The number of nitrogens with zero attached hydrogens (tertiary/aromatic N) is 5. The van der Waals surface area contributed by atoms with Crippen LogP contribution >= 0.6 is 0 Å². The number of benzene rings is 1. The Morgan fingerprint density at radius 1 is 1.13 bits per heavy atom. The summed E-state index contributed by atoms with van der Waals surface area (Å²) in [7, 11) is 1.81. The first-order valence-electron chi connectivity index (χ1n) is 10.6. The first-order chi connectivity index (χ1) is 14.7. The molecule has 5 rings (SSSR count). The van der Waals surface area contributed by atoms with Gasteiger partial charge in [0.1, 0.15) is 11.7 Å². The van der Waals surface area contributed by atoms with Crippen LogP contribution in [0.25, 0.3) is 22.7 Å². The zero-order chi connectivity index (χ0) is 20.7. The quantitative estimate of drug-likeness (QED) is 0.646. The van der Waals surface area contributed by atoms with Crippen LogP contribution in [0, 0.1) is 0 Å². The van der Waals surface area contributed by atoms with Gasteiger partial charge in [0, 0.05) is 18.7 Å². The van der Waals surface area contributed by atoms with Gasteiger partial charge in [-0.2, -0.15) is 0 Å². The fraction of sp³-hybridized carbons (Fsp3) is 0.391. The van der Waals surface area contributed by atoms with Gasteiger partial charge in [-0.1, -0.05) is 55.3 Å². The second-order valence-electron chi connectivity index (χ2n) is 8.00. The molecule has 154 valence electrons. The van der Waals surface area contributed by atoms with Crippen LogP contribution < -0.4 is 9.80 Å². The highest BCUT2D eigenvalue weighted by molar-refractivity contribution is 6.04. The summed E-state index contributed by atoms with van der Waals surface area (Å²) >= 11 is 0. The maximum absolute atomic E-state index is 13.0. The molecule has 1 aliphatic carbocycles. The molecular formula is C23H25N5O2. The van der Waals surface area contributed by atoms with Gasteiger partial charge in [0.05, 0.1) is 18.0 Å². The van der Waals surface area contributed by atoms with Crippen LogP contribution in [0.15, 0.2) is 47.2 Å². The molecule has 7 nitrogen and oxygen atoms in total. The Bertz CT molecular complexity index is 1060. The van der Waals surface area contributed by atoms with Gasteiger partial charge >= 0.3 is 0 Å². The van der Waals surface area contributed by atoms with Gasteiger partial charge in [0.2, 0.25) is 5.91 Å². The molecule has 0 bridgehead atoms. The highest BCUT2D eigenvalue weighted by Gasteiger charge is 2.41. The van der Waals surface area contributed by atoms with E-state index in [1.165, 1.54) is 12.8 Å². The average Bonchev–Trinajstić information content (AvgIpc) is 3.48. The fourth-order valence-electron chi connectivity index (χ4n) is 4.71. The molecular weight excluding hydrogens is 378 g/mol. The van der Waals surface area contributed by atoms with E-state index in [9.17, 15) is 4.79 Å². The van der Waals surface area contributed by atoms with Crippen molar-refractivity contribution in [2.75, 3.05) is 16.8 Å². The molecule has 0 spiro atoms. The van der Waals surface area contributed by atoms with Gasteiger partial charge in [-0.15, -0.1) is 0 Å². The van der Waals surface area contributed by atoms with E-state index in [2.05, 4.69) is 22.0 Å². The van der Waals surface area contributed by atoms with Gasteiger partial charge < -0.3 is 14.3 Å². The largest absolute Gasteiger partial charge is 0.356 e. The summed E-state index contributed by atoms with van der Waals surface area (Å²) in [5.41, 5.74) is 2.44. The van der Waals surface area contributed by atoms with Crippen LogP contribution in [0.4, 0.5) is 11.5 Å². The zero-order valence-corrected chi connectivity index (χ0v) is 17.3. The van der Waals surface area contributed by atoms with Crippen molar-refractivity contribution in [2.24, 2.45) is 0 Å². The Labute approximate surface area is 175 Å². The van der Waals surface area contributed by atoms with Crippen molar-refractivity contribution in [1.29, 1.82) is 0 Å². The topological polar surface area (TPSA) is 75.4 Å². The monoisotopic (exact) mass is 403 g/mol. The van der Waals surface area contributed by atoms with Crippen LogP contribution in [0.2, 0.25) is 0 Å². The molecule has 1 aliphatic heterocycles. The molecule has 3 aromatic rings. The van der Waals surface area contributed by atoms with Crippen molar-refractivity contribution in [1.82, 2.24) is 15.1 Å². The number of anilines is 2. The lowest BCUT2D eigenvalue weighted by Crippen LogP contribution is -2.55. The van der Waals surface area contributed by atoms with Crippen LogP contribution in [0.1, 0.15) is 39.0 Å². The third-order valence-electron chi connectivity index (χ3n) is 6.26. The van der Waals surface area contributed by atoms with E-state index in [4.69, 9.17) is 9.51 Å². The van der Waals surface area contributed by atoms with Gasteiger partial charge in [-0.05, 0) is 19.3 Å². The van der Waals surface area contributed by atoms with Crippen LogP contribution in [-0.2, 0) is 4.79 Å². The molecule has 30 heavy (non-hydrogen) atoms. The minimum atomic E-state index is -0.190. The minimum Gasteiger partial charge on any atom is -0.356 e. The number of likely N-dealkylation sites (N-methyl/N-ethyl adjacent to an activating group) is 1. The number of carbonyl (C=O) groups is 1. The number of carbonyl (C=O) groups excluding carboxylic acids is 1. The van der Waals surface area contributed by atoms with Gasteiger partial charge in [-0.3, -0.25) is 4.79 Å². The minimum absolute atomic E-state index is 0.114. The maximum Gasteiger partial charge on any atom is 0.249 e. The normalized spacial score (nSPS) is 19.4. The predicted molar refractivity (Wildman–Crippen MR) is 115 cm³/mol. The van der Waals surface area contributed by atoms with E-state index < -0.39 is 0 Å². The first kappa shape index (κ1) is 18.8. The Balaban J connectivity index is 1.63. The maximum atomic E-state index is 13.0. The third-order valence-corrected chi connectivity index (χ3v) is 6.26. The highest BCUT2D eigenvalue weighted by atomic mass is 16.5. The standard InChI is InChI=1S/C23H25N5O2/c1-3-18-23(29)27(2)19-14-24-21(26-22(19)28(18)16-11-7-8-12-16)17-13-25-30-20(17)15-9-5-4-6-10-15/h4-6,9-10,13-14,16,18H,3,7-8,11-12H2,1-2H3. The average molecular weight is 403 g/mol. The van der Waals surface area contributed by atoms with Crippen molar-refractivity contribution in [3.63, 3.8) is 0 Å². The summed E-state index contributed by atoms with van der Waals surface area (Å²) < 4.78 is 5.55. The van der Waals surface area contributed by atoms with Gasteiger partial charge in [0.25, 0.3) is 0 Å². The fourth-order valence-corrected chi connectivity index (χ4v) is 4.71. The van der Waals surface area contributed by atoms with Crippen LogP contribution in [0.5, 0.6) is 0 Å². The molecule has 0 saturated heterocycles. The molecule has 7 heteroatoms. The van der Waals surface area contributed by atoms with E-state index in [0.717, 1.165) is 41.9 Å². The second kappa shape index (κ2) is 7.55. The summed E-state index contributed by atoms with van der Waals surface area (Å²) in [6, 6.07) is 9.99. The van der Waals surface area contributed by atoms with Crippen molar-refractivity contribution in [3.8, 4) is 22.7 Å². The molecule has 1 atom stereocenters. The third kappa shape index (κ3) is 2.96. The molecule has 0 N–H and O–H groups in total. The molecule has 1 fully saturated rings. The SMILES string of the molecule is CCC1C(=O)N(C)c2cnc(-c3cnoc3-c3ccccc3)nc2N1C1CCCC1. The van der Waals surface area contributed by atoms with Crippen LogP contribution in [0.3, 0.4) is 0 Å². The number of hydrogen-bond donors (Lipinski definition) is 0. The zero-order valence-electron chi connectivity index (χ0n) is 17.3. The number of aromatic nitrogens is 3. The molecule has 2 aliphatic rings. The van der Waals surface area contributed by atoms with E-state index in [1.807, 2.05) is 37.4 Å². The van der Waals surface area contributed by atoms with Gasteiger partial charge in [0.15, 0.2) is 17.4 Å². The second-order valence-corrected chi connectivity index (χ2v) is 8.00. The lowest BCUT2D eigenvalue weighted by molar-refractivity contribution is -0.120. The van der Waals surface area contributed by atoms with Crippen molar-refractivity contribution >= 4 is 17.4 Å². The summed E-state index contributed by atoms with van der Waals surface area (Å²) in [6.45, 7) is 2.07. The molecule has 1 aromatic carbocycles. The summed E-state index contributed by atoms with van der Waals surface area (Å²) in [5, 5.41) is 4.01. The van der Waals surface area contributed by atoms with E-state index in [1.54, 1.807) is 17.3 Å². The number of amides is 1. The Morgan fingerprint density at radius 3 is 2.63 bits per heavy atom. The van der Waals surface area contributed by atoms with Crippen LogP contribution in [-0.4, -0.2) is 40.2 Å². The van der Waals surface area contributed by atoms with E-state index in [0.29, 0.717) is 17.6 Å². The number of rotatable bonds is 4. The smallest absolute Gasteiger partial charge is 0.249 e. The van der Waals surface area contributed by atoms with Crippen molar-refractivity contribution in [2.45, 2.75) is 51.1 Å².